The van der Waals surface area contributed by atoms with E-state index in [1.54, 1.807) is 24.3 Å². The van der Waals surface area contributed by atoms with Crippen LogP contribution in [0, 0.1) is 11.6 Å². The number of halogens is 5. The molecule has 4 rings (SSSR count). The molecule has 0 aliphatic carbocycles. The van der Waals surface area contributed by atoms with Crippen molar-refractivity contribution in [1.82, 2.24) is 10.3 Å². The lowest BCUT2D eigenvalue weighted by Crippen LogP contribution is -2.53. The molecule has 39 heavy (non-hydrogen) atoms. The van der Waals surface area contributed by atoms with E-state index in [9.17, 15) is 27.3 Å². The van der Waals surface area contributed by atoms with Crippen LogP contribution in [0.5, 0.6) is 0 Å². The minimum absolute atomic E-state index is 0.0739. The number of carbonyl (C=O) groups excluding carboxylic acids is 2. The second kappa shape index (κ2) is 10.8. The lowest BCUT2D eigenvalue weighted by atomic mass is 10.0. The Kier molecular flexibility index (Phi) is 7.79. The zero-order valence-electron chi connectivity index (χ0n) is 20.9. The van der Waals surface area contributed by atoms with Gasteiger partial charge in [-0.2, -0.15) is 13.2 Å². The molecule has 0 radical (unpaired) electrons. The Balaban J connectivity index is 1.51. The van der Waals surface area contributed by atoms with E-state index in [0.29, 0.717) is 17.9 Å². The summed E-state index contributed by atoms with van der Waals surface area (Å²) in [4.78, 5) is 30.0. The van der Waals surface area contributed by atoms with Gasteiger partial charge in [-0.25, -0.2) is 18.6 Å². The number of nitrogens with one attached hydrogen (secondary N) is 2. The zero-order valence-corrected chi connectivity index (χ0v) is 21.7. The number of amides is 3. The number of benzene rings is 2. The zero-order chi connectivity index (χ0) is 28.5. The Morgan fingerprint density at radius 2 is 1.74 bits per heavy atom. The van der Waals surface area contributed by atoms with Crippen LogP contribution in [0.15, 0.2) is 54.7 Å². The number of alkyl halides is 3. The van der Waals surface area contributed by atoms with E-state index in [2.05, 4.69) is 15.6 Å². The predicted octanol–water partition coefficient (Wildman–Crippen LogP) is 5.61. The van der Waals surface area contributed by atoms with Crippen LogP contribution in [0.4, 0.5) is 38.3 Å². The summed E-state index contributed by atoms with van der Waals surface area (Å²) in [5.74, 6) is -3.33. The highest BCUT2D eigenvalue weighted by atomic mass is 31.2. The van der Waals surface area contributed by atoms with Gasteiger partial charge >= 0.3 is 12.2 Å². The van der Waals surface area contributed by atoms with Gasteiger partial charge in [-0.3, -0.25) is 10.1 Å². The molecule has 0 spiro atoms. The summed E-state index contributed by atoms with van der Waals surface area (Å²) in [6.45, 7) is 3.13. The molecule has 1 saturated heterocycles. The van der Waals surface area contributed by atoms with Gasteiger partial charge < -0.3 is 14.8 Å². The monoisotopic (exact) mass is 566 g/mol. The van der Waals surface area contributed by atoms with E-state index in [0.717, 1.165) is 17.0 Å². The number of pyridine rings is 1. The Bertz CT molecular complexity index is 1460. The van der Waals surface area contributed by atoms with Gasteiger partial charge in [-0.1, -0.05) is 24.3 Å². The highest BCUT2D eigenvalue weighted by Gasteiger charge is 2.34. The minimum atomic E-state index is -4.59. The summed E-state index contributed by atoms with van der Waals surface area (Å²) < 4.78 is 81.4. The first-order valence-electron chi connectivity index (χ1n) is 11.8. The lowest BCUT2D eigenvalue weighted by molar-refractivity contribution is -0.137. The number of urea groups is 1. The van der Waals surface area contributed by atoms with Gasteiger partial charge in [0, 0.05) is 23.6 Å². The summed E-state index contributed by atoms with van der Waals surface area (Å²) >= 11 is 0. The van der Waals surface area contributed by atoms with Crippen molar-refractivity contribution < 1.29 is 36.1 Å². The number of nitrogens with zero attached hydrogens (tertiary/aromatic N) is 2. The van der Waals surface area contributed by atoms with E-state index in [-0.39, 0.29) is 35.6 Å². The summed E-state index contributed by atoms with van der Waals surface area (Å²) in [5, 5.41) is 5.05. The molecule has 1 aromatic heterocycles. The molecule has 1 aliphatic heterocycles. The fourth-order valence-electron chi connectivity index (χ4n) is 4.32. The van der Waals surface area contributed by atoms with E-state index >= 15 is 8.78 Å². The van der Waals surface area contributed by atoms with E-state index in [1.807, 2.05) is 0 Å². The molecule has 13 heteroatoms. The number of rotatable bonds is 5. The van der Waals surface area contributed by atoms with Crippen molar-refractivity contribution in [3.05, 3.63) is 71.9 Å². The second-order valence-electron chi connectivity index (χ2n) is 9.34. The van der Waals surface area contributed by atoms with E-state index in [4.69, 9.17) is 0 Å². The highest BCUT2D eigenvalue weighted by molar-refractivity contribution is 7.70. The molecule has 3 amide bonds. The van der Waals surface area contributed by atoms with E-state index < -0.39 is 48.5 Å². The minimum Gasteiger partial charge on any atom is -0.326 e. The van der Waals surface area contributed by atoms with Crippen molar-refractivity contribution in [2.75, 3.05) is 30.1 Å². The van der Waals surface area contributed by atoms with Crippen molar-refractivity contribution in [2.24, 2.45) is 0 Å². The average Bonchev–Trinajstić information content (AvgIpc) is 2.86. The van der Waals surface area contributed by atoms with Crippen molar-refractivity contribution in [1.29, 1.82) is 0 Å². The van der Waals surface area contributed by atoms with Crippen LogP contribution in [0.25, 0.3) is 11.1 Å². The van der Waals surface area contributed by atoms with Crippen LogP contribution in [-0.4, -0.2) is 42.8 Å². The predicted molar refractivity (Wildman–Crippen MR) is 138 cm³/mol. The molecule has 1 fully saturated rings. The fraction of sp³-hybridized carbons (Fsp3) is 0.269. The molecular weight excluding hydrogens is 542 g/mol. The van der Waals surface area contributed by atoms with Gasteiger partial charge in [0.1, 0.15) is 19.0 Å². The number of hydrogen-bond acceptors (Lipinski definition) is 4. The standard InChI is InChI=1S/C26H24F5N4O3P/c1-39(2,38)20-8-4-3-6-16(20)17-10-11-19(23(28)22(17)27)35-13-5-7-18(24(35)36)33-25(37)34-21-12-9-15(14-32-21)26(29,30)31/h3-4,6,8-12,14,18H,5,7,13H2,1-2H3,(H2,32,33,34,37)/t18-/m1/s1. The van der Waals surface area contributed by atoms with Crippen LogP contribution in [0.1, 0.15) is 18.4 Å². The first kappa shape index (κ1) is 28.2. The van der Waals surface area contributed by atoms with Crippen LogP contribution in [0.3, 0.4) is 0 Å². The molecule has 0 saturated carbocycles. The Morgan fingerprint density at radius 1 is 1.03 bits per heavy atom. The molecule has 2 N–H and O–H groups in total. The summed E-state index contributed by atoms with van der Waals surface area (Å²) in [6, 6.07) is 8.70. The maximum absolute atomic E-state index is 15.3. The smallest absolute Gasteiger partial charge is 0.326 e. The maximum atomic E-state index is 15.3. The summed E-state index contributed by atoms with van der Waals surface area (Å²) in [6.07, 6.45) is -3.46. The van der Waals surface area contributed by atoms with Crippen molar-refractivity contribution in [3.8, 4) is 11.1 Å². The molecule has 3 aromatic rings. The fourth-order valence-corrected chi connectivity index (χ4v) is 5.54. The topological polar surface area (TPSA) is 91.4 Å². The Hall–Kier alpha value is -3.79. The molecule has 206 valence electrons. The van der Waals surface area contributed by atoms with Gasteiger partial charge in [0.2, 0.25) is 5.91 Å². The Labute approximate surface area is 220 Å². The molecule has 0 bridgehead atoms. The normalized spacial score (nSPS) is 16.2. The number of carbonyl (C=O) groups is 2. The molecule has 2 heterocycles. The Morgan fingerprint density at radius 3 is 2.38 bits per heavy atom. The second-order valence-corrected chi connectivity index (χ2v) is 12.5. The van der Waals surface area contributed by atoms with Crippen molar-refractivity contribution in [2.45, 2.75) is 25.1 Å². The molecule has 1 atom stereocenters. The molecular formula is C26H24F5N4O3P. The summed E-state index contributed by atoms with van der Waals surface area (Å²) in [7, 11) is -2.82. The lowest BCUT2D eigenvalue weighted by Gasteiger charge is -2.33. The van der Waals surface area contributed by atoms with Gasteiger partial charge in [0.25, 0.3) is 0 Å². The SMILES string of the molecule is CP(C)(=O)c1ccccc1-c1ccc(N2CCC[C@@H](NC(=O)Nc3ccc(C(F)(F)F)cn3)C2=O)c(F)c1F. The van der Waals surface area contributed by atoms with Gasteiger partial charge in [0.15, 0.2) is 11.6 Å². The van der Waals surface area contributed by atoms with Crippen LogP contribution in [0.2, 0.25) is 0 Å². The first-order chi connectivity index (χ1) is 18.3. The quantitative estimate of drug-likeness (QED) is 0.310. The number of hydrogen-bond donors (Lipinski definition) is 2. The van der Waals surface area contributed by atoms with E-state index in [1.165, 1.54) is 25.5 Å². The highest BCUT2D eigenvalue weighted by Crippen LogP contribution is 2.40. The maximum Gasteiger partial charge on any atom is 0.417 e. The number of aromatic nitrogens is 1. The molecule has 1 aliphatic rings. The van der Waals surface area contributed by atoms with Crippen LogP contribution < -0.4 is 20.8 Å². The van der Waals surface area contributed by atoms with Crippen LogP contribution in [-0.2, 0) is 15.5 Å². The van der Waals surface area contributed by atoms with Crippen molar-refractivity contribution >= 4 is 35.9 Å². The largest absolute Gasteiger partial charge is 0.417 e. The van der Waals surface area contributed by atoms with Gasteiger partial charge in [-0.15, -0.1) is 0 Å². The third-order valence-corrected chi connectivity index (χ3v) is 7.75. The average molecular weight is 566 g/mol. The third-order valence-electron chi connectivity index (χ3n) is 6.20. The summed E-state index contributed by atoms with van der Waals surface area (Å²) in [5.41, 5.74) is -1.12. The number of anilines is 2. The van der Waals surface area contributed by atoms with Crippen LogP contribution >= 0.6 is 7.14 Å². The third kappa shape index (κ3) is 6.11. The molecule has 0 unspecified atom stereocenters. The molecule has 7 nitrogen and oxygen atoms in total. The number of piperidine rings is 1. The van der Waals surface area contributed by atoms with Crippen molar-refractivity contribution in [3.63, 3.8) is 0 Å². The van der Waals surface area contributed by atoms with Gasteiger partial charge in [-0.05, 0) is 56.0 Å². The van der Waals surface area contributed by atoms with Gasteiger partial charge in [0.05, 0.1) is 11.3 Å². The molecule has 2 aromatic carbocycles. The first-order valence-corrected chi connectivity index (χ1v) is 14.4.